The Morgan fingerprint density at radius 2 is 2.17 bits per heavy atom. The fraction of sp³-hybridized carbons (Fsp3) is 0.312. The SMILES string of the molecule is Cc1nn(CC(C)(C)O)cc1-c1ccnc(C(=CN)C(N)=O)c1. The first-order chi connectivity index (χ1) is 10.7. The summed E-state index contributed by atoms with van der Waals surface area (Å²) in [6.45, 7) is 5.70. The largest absolute Gasteiger partial charge is 0.404 e. The van der Waals surface area contributed by atoms with Crippen molar-refractivity contribution in [2.24, 2.45) is 11.5 Å². The number of hydrogen-bond acceptors (Lipinski definition) is 5. The molecule has 23 heavy (non-hydrogen) atoms. The minimum Gasteiger partial charge on any atom is -0.404 e. The highest BCUT2D eigenvalue weighted by molar-refractivity contribution is 6.18. The number of aromatic nitrogens is 3. The monoisotopic (exact) mass is 315 g/mol. The quantitative estimate of drug-likeness (QED) is 0.705. The minimum atomic E-state index is -0.861. The van der Waals surface area contributed by atoms with E-state index in [1.807, 2.05) is 19.2 Å². The van der Waals surface area contributed by atoms with Crippen molar-refractivity contribution in [1.29, 1.82) is 0 Å². The van der Waals surface area contributed by atoms with E-state index in [9.17, 15) is 9.90 Å². The molecule has 7 nitrogen and oxygen atoms in total. The Hall–Kier alpha value is -2.67. The number of carbonyl (C=O) groups is 1. The van der Waals surface area contributed by atoms with Crippen LogP contribution in [0.25, 0.3) is 16.7 Å². The molecule has 5 N–H and O–H groups in total. The van der Waals surface area contributed by atoms with Crippen molar-refractivity contribution >= 4 is 11.5 Å². The molecule has 2 aromatic rings. The molecule has 2 rings (SSSR count). The molecular formula is C16H21N5O2. The van der Waals surface area contributed by atoms with Crippen molar-refractivity contribution in [3.8, 4) is 11.1 Å². The van der Waals surface area contributed by atoms with Crippen LogP contribution < -0.4 is 11.5 Å². The van der Waals surface area contributed by atoms with E-state index in [-0.39, 0.29) is 5.57 Å². The zero-order chi connectivity index (χ0) is 17.2. The number of aliphatic hydroxyl groups is 1. The summed E-state index contributed by atoms with van der Waals surface area (Å²) in [6, 6.07) is 3.55. The van der Waals surface area contributed by atoms with Crippen LogP contribution >= 0.6 is 0 Å². The summed E-state index contributed by atoms with van der Waals surface area (Å²) in [7, 11) is 0. The maximum atomic E-state index is 11.4. The second-order valence-corrected chi connectivity index (χ2v) is 6.01. The van der Waals surface area contributed by atoms with Gasteiger partial charge in [0.1, 0.15) is 0 Å². The van der Waals surface area contributed by atoms with Crippen LogP contribution in [-0.2, 0) is 11.3 Å². The van der Waals surface area contributed by atoms with E-state index in [0.29, 0.717) is 12.2 Å². The Labute approximate surface area is 134 Å². The molecular weight excluding hydrogens is 294 g/mol. The molecule has 0 radical (unpaired) electrons. The number of primary amides is 1. The Morgan fingerprint density at radius 1 is 1.48 bits per heavy atom. The third kappa shape index (κ3) is 3.95. The first-order valence-corrected chi connectivity index (χ1v) is 7.16. The van der Waals surface area contributed by atoms with Crippen molar-refractivity contribution in [2.45, 2.75) is 32.9 Å². The van der Waals surface area contributed by atoms with Crippen LogP contribution in [0.5, 0.6) is 0 Å². The fourth-order valence-electron chi connectivity index (χ4n) is 2.32. The smallest absolute Gasteiger partial charge is 0.252 e. The predicted octanol–water partition coefficient (Wildman–Crippen LogP) is 0.809. The first-order valence-electron chi connectivity index (χ1n) is 7.16. The van der Waals surface area contributed by atoms with Gasteiger partial charge in [0, 0.05) is 24.2 Å². The number of nitrogens with zero attached hydrogens (tertiary/aromatic N) is 3. The number of rotatable bonds is 5. The molecule has 122 valence electrons. The zero-order valence-electron chi connectivity index (χ0n) is 13.4. The lowest BCUT2D eigenvalue weighted by Gasteiger charge is -2.16. The topological polar surface area (TPSA) is 120 Å². The lowest BCUT2D eigenvalue weighted by Crippen LogP contribution is -2.26. The van der Waals surface area contributed by atoms with Gasteiger partial charge in [0.2, 0.25) is 0 Å². The van der Waals surface area contributed by atoms with Crippen molar-refractivity contribution in [2.75, 3.05) is 0 Å². The van der Waals surface area contributed by atoms with E-state index >= 15 is 0 Å². The van der Waals surface area contributed by atoms with E-state index < -0.39 is 11.5 Å². The maximum absolute atomic E-state index is 11.4. The van der Waals surface area contributed by atoms with Crippen LogP contribution in [-0.4, -0.2) is 31.4 Å². The fourth-order valence-corrected chi connectivity index (χ4v) is 2.32. The standard InChI is InChI=1S/C16H21N5O2/c1-10-13(8-21(20-10)9-16(2,3)23)11-4-5-19-14(6-11)12(7-17)15(18)22/h4-8,23H,9,17H2,1-3H3,(H2,18,22). The molecule has 2 heterocycles. The van der Waals surface area contributed by atoms with Gasteiger partial charge in [-0.2, -0.15) is 5.10 Å². The van der Waals surface area contributed by atoms with Gasteiger partial charge < -0.3 is 16.6 Å². The van der Waals surface area contributed by atoms with Crippen LogP contribution in [0.1, 0.15) is 25.2 Å². The van der Waals surface area contributed by atoms with Gasteiger partial charge in [0.05, 0.1) is 29.1 Å². The number of hydrogen-bond donors (Lipinski definition) is 3. The van der Waals surface area contributed by atoms with Crippen molar-refractivity contribution < 1.29 is 9.90 Å². The van der Waals surface area contributed by atoms with Crippen molar-refractivity contribution in [3.05, 3.63) is 42.1 Å². The van der Waals surface area contributed by atoms with E-state index in [1.54, 1.807) is 30.8 Å². The highest BCUT2D eigenvalue weighted by Gasteiger charge is 2.17. The van der Waals surface area contributed by atoms with Crippen LogP contribution in [0.4, 0.5) is 0 Å². The van der Waals surface area contributed by atoms with Crippen molar-refractivity contribution in [3.63, 3.8) is 0 Å². The molecule has 0 spiro atoms. The maximum Gasteiger partial charge on any atom is 0.252 e. The summed E-state index contributed by atoms with van der Waals surface area (Å²) in [5.74, 6) is -0.633. The van der Waals surface area contributed by atoms with Crippen LogP contribution in [0, 0.1) is 6.92 Å². The normalized spacial score (nSPS) is 12.4. The van der Waals surface area contributed by atoms with Crippen LogP contribution in [0.2, 0.25) is 0 Å². The molecule has 7 heteroatoms. The van der Waals surface area contributed by atoms with E-state index in [0.717, 1.165) is 23.0 Å². The summed E-state index contributed by atoms with van der Waals surface area (Å²) < 4.78 is 1.69. The third-order valence-electron chi connectivity index (χ3n) is 3.27. The molecule has 0 aromatic carbocycles. The molecule has 1 amide bonds. The second-order valence-electron chi connectivity index (χ2n) is 6.01. The molecule has 0 aliphatic rings. The summed E-state index contributed by atoms with van der Waals surface area (Å²) in [5.41, 5.74) is 13.0. The van der Waals surface area contributed by atoms with Gasteiger partial charge in [-0.05, 0) is 38.5 Å². The second kappa shape index (κ2) is 6.21. The molecule has 0 fully saturated rings. The number of pyridine rings is 1. The minimum absolute atomic E-state index is 0.161. The lowest BCUT2D eigenvalue weighted by molar-refractivity contribution is -0.112. The summed E-state index contributed by atoms with van der Waals surface area (Å²) in [5, 5.41) is 14.3. The van der Waals surface area contributed by atoms with Gasteiger partial charge in [-0.3, -0.25) is 14.5 Å². The third-order valence-corrected chi connectivity index (χ3v) is 3.27. The highest BCUT2D eigenvalue weighted by atomic mass is 16.3. The Balaban J connectivity index is 2.42. The van der Waals surface area contributed by atoms with Gasteiger partial charge in [-0.1, -0.05) is 0 Å². The molecule has 0 saturated carbocycles. The van der Waals surface area contributed by atoms with Gasteiger partial charge in [-0.25, -0.2) is 0 Å². The van der Waals surface area contributed by atoms with E-state index in [2.05, 4.69) is 10.1 Å². The van der Waals surface area contributed by atoms with Gasteiger partial charge >= 0.3 is 0 Å². The molecule has 0 bridgehead atoms. The molecule has 0 saturated heterocycles. The Bertz CT molecular complexity index is 756. The molecule has 0 unspecified atom stereocenters. The Morgan fingerprint density at radius 3 is 2.74 bits per heavy atom. The Kier molecular flexibility index (Phi) is 4.51. The van der Waals surface area contributed by atoms with Crippen LogP contribution in [0.3, 0.4) is 0 Å². The first kappa shape index (κ1) is 16.7. The average Bonchev–Trinajstić information content (AvgIpc) is 2.78. The summed E-state index contributed by atoms with van der Waals surface area (Å²) >= 11 is 0. The zero-order valence-corrected chi connectivity index (χ0v) is 13.4. The molecule has 0 aliphatic heterocycles. The molecule has 0 atom stereocenters. The van der Waals surface area contributed by atoms with E-state index in [1.165, 1.54) is 0 Å². The number of nitrogens with two attached hydrogens (primary N) is 2. The summed E-state index contributed by atoms with van der Waals surface area (Å²) in [6.07, 6.45) is 4.59. The number of amides is 1. The van der Waals surface area contributed by atoms with Crippen LogP contribution in [0.15, 0.2) is 30.7 Å². The average molecular weight is 315 g/mol. The lowest BCUT2D eigenvalue weighted by atomic mass is 10.0. The molecule has 2 aromatic heterocycles. The van der Waals surface area contributed by atoms with Gasteiger partial charge in [0.15, 0.2) is 0 Å². The highest BCUT2D eigenvalue weighted by Crippen LogP contribution is 2.25. The summed E-state index contributed by atoms with van der Waals surface area (Å²) in [4.78, 5) is 15.5. The van der Waals surface area contributed by atoms with Gasteiger partial charge in [0.25, 0.3) is 5.91 Å². The van der Waals surface area contributed by atoms with Crippen molar-refractivity contribution in [1.82, 2.24) is 14.8 Å². The molecule has 0 aliphatic carbocycles. The van der Waals surface area contributed by atoms with Gasteiger partial charge in [-0.15, -0.1) is 0 Å². The number of aryl methyl sites for hydroxylation is 1. The number of carbonyl (C=O) groups excluding carboxylic acids is 1. The van der Waals surface area contributed by atoms with E-state index in [4.69, 9.17) is 11.5 Å². The predicted molar refractivity (Wildman–Crippen MR) is 87.9 cm³/mol.